The van der Waals surface area contributed by atoms with Crippen molar-refractivity contribution in [3.63, 3.8) is 0 Å². The summed E-state index contributed by atoms with van der Waals surface area (Å²) < 4.78 is 54.4. The van der Waals surface area contributed by atoms with E-state index in [0.717, 1.165) is 47.0 Å². The van der Waals surface area contributed by atoms with Gasteiger partial charge in [0.25, 0.3) is 10.0 Å². The van der Waals surface area contributed by atoms with Gasteiger partial charge in [-0.15, -0.1) is 11.3 Å². The number of aromatic nitrogens is 1. The van der Waals surface area contributed by atoms with Crippen molar-refractivity contribution in [2.45, 2.75) is 42.8 Å². The molecule has 0 spiro atoms. The second-order valence-electron chi connectivity index (χ2n) is 8.11. The number of methoxy groups -OCH3 is 2. The van der Waals surface area contributed by atoms with E-state index >= 15 is 4.39 Å². The number of sulfonamides is 1. The van der Waals surface area contributed by atoms with Gasteiger partial charge in [-0.25, -0.2) is 22.1 Å². The van der Waals surface area contributed by atoms with E-state index in [1.165, 1.54) is 20.4 Å². The molecule has 12 heteroatoms. The van der Waals surface area contributed by atoms with E-state index in [4.69, 9.17) is 26.8 Å². The van der Waals surface area contributed by atoms with Gasteiger partial charge in [0.2, 0.25) is 0 Å². The molecule has 0 bridgehead atoms. The molecule has 188 valence electrons. The molecule has 1 fully saturated rings. The third kappa shape index (κ3) is 5.32. The zero-order valence-corrected chi connectivity index (χ0v) is 21.6. The van der Waals surface area contributed by atoms with Crippen LogP contribution in [0.5, 0.6) is 11.5 Å². The highest BCUT2D eigenvalue weighted by Crippen LogP contribution is 2.36. The molecular weight excluding hydrogens is 515 g/mol. The zero-order valence-electron chi connectivity index (χ0n) is 19.2. The standard InChI is InChI=1S/C23H26ClFN4O4S2/c1-32-15-7-6-14(21(10-15)33-2)13-29(23-27-8-9-34-23)35(30,31)22-11-16(24)20(12-17(22)25)28-19-5-3-4-18(19)26/h6-12,18-19,28H,3-5,13,26H2,1-2H3/t18-,19-/m0/s1. The first kappa shape index (κ1) is 25.5. The van der Waals surface area contributed by atoms with Crippen LogP contribution in [0, 0.1) is 5.82 Å². The molecule has 4 rings (SSSR count). The van der Waals surface area contributed by atoms with E-state index in [0.29, 0.717) is 22.7 Å². The van der Waals surface area contributed by atoms with Crippen LogP contribution in [0.2, 0.25) is 5.02 Å². The molecule has 8 nitrogen and oxygen atoms in total. The average molecular weight is 541 g/mol. The fourth-order valence-electron chi connectivity index (χ4n) is 4.05. The Morgan fingerprint density at radius 1 is 1.26 bits per heavy atom. The summed E-state index contributed by atoms with van der Waals surface area (Å²) in [4.78, 5) is 3.61. The van der Waals surface area contributed by atoms with Crippen LogP contribution in [0.25, 0.3) is 0 Å². The quantitative estimate of drug-likeness (QED) is 0.407. The fraction of sp³-hybridized carbons (Fsp3) is 0.348. The number of anilines is 2. The summed E-state index contributed by atoms with van der Waals surface area (Å²) in [5, 5.41) is 5.07. The molecule has 0 aliphatic heterocycles. The van der Waals surface area contributed by atoms with E-state index in [1.807, 2.05) is 0 Å². The van der Waals surface area contributed by atoms with Crippen LogP contribution >= 0.6 is 22.9 Å². The number of hydrogen-bond donors (Lipinski definition) is 2. The second kappa shape index (κ2) is 10.6. The lowest BCUT2D eigenvalue weighted by Gasteiger charge is -2.24. The predicted octanol–water partition coefficient (Wildman–Crippen LogP) is 4.64. The first-order valence-electron chi connectivity index (χ1n) is 10.9. The lowest BCUT2D eigenvalue weighted by atomic mass is 10.1. The van der Waals surface area contributed by atoms with Gasteiger partial charge in [-0.3, -0.25) is 0 Å². The van der Waals surface area contributed by atoms with Crippen molar-refractivity contribution in [1.29, 1.82) is 0 Å². The molecule has 2 atom stereocenters. The van der Waals surface area contributed by atoms with Crippen LogP contribution < -0.4 is 24.8 Å². The average Bonchev–Trinajstić information content (AvgIpc) is 3.51. The number of ether oxygens (including phenoxy) is 2. The molecule has 2 aromatic carbocycles. The van der Waals surface area contributed by atoms with Crippen molar-refractivity contribution in [3.05, 3.63) is 58.3 Å². The Morgan fingerprint density at radius 2 is 2.06 bits per heavy atom. The molecular formula is C23H26ClFN4O4S2. The normalized spacial score (nSPS) is 17.9. The molecule has 1 aliphatic rings. The molecule has 3 aromatic rings. The lowest BCUT2D eigenvalue weighted by molar-refractivity contribution is 0.391. The molecule has 1 heterocycles. The Kier molecular flexibility index (Phi) is 7.70. The number of rotatable bonds is 9. The molecule has 3 N–H and O–H groups in total. The Morgan fingerprint density at radius 3 is 2.69 bits per heavy atom. The first-order chi connectivity index (χ1) is 16.7. The van der Waals surface area contributed by atoms with Gasteiger partial charge in [0, 0.05) is 35.3 Å². The number of halogens is 2. The van der Waals surface area contributed by atoms with E-state index in [9.17, 15) is 8.42 Å². The van der Waals surface area contributed by atoms with Gasteiger partial charge >= 0.3 is 0 Å². The van der Waals surface area contributed by atoms with Gasteiger partial charge in [-0.1, -0.05) is 11.6 Å². The summed E-state index contributed by atoms with van der Waals surface area (Å²) >= 11 is 7.52. The van der Waals surface area contributed by atoms with Crippen LogP contribution in [0.4, 0.5) is 15.2 Å². The minimum absolute atomic E-state index is 0.0521. The molecule has 1 aromatic heterocycles. The Labute approximate surface area is 212 Å². The van der Waals surface area contributed by atoms with E-state index in [1.54, 1.807) is 23.6 Å². The molecule has 0 saturated heterocycles. The summed E-state index contributed by atoms with van der Waals surface area (Å²) in [6.45, 7) is -0.142. The number of thiazole rings is 1. The maximum Gasteiger partial charge on any atom is 0.269 e. The summed E-state index contributed by atoms with van der Waals surface area (Å²) in [5.74, 6) is 0.0518. The van der Waals surface area contributed by atoms with Crippen LogP contribution in [0.15, 0.2) is 46.8 Å². The smallest absolute Gasteiger partial charge is 0.269 e. The van der Waals surface area contributed by atoms with Crippen molar-refractivity contribution in [2.24, 2.45) is 5.73 Å². The van der Waals surface area contributed by atoms with Crippen molar-refractivity contribution in [3.8, 4) is 11.5 Å². The fourth-order valence-corrected chi connectivity index (χ4v) is 6.68. The molecule has 0 unspecified atom stereocenters. The second-order valence-corrected chi connectivity index (χ2v) is 11.2. The molecule has 1 saturated carbocycles. The number of benzene rings is 2. The third-order valence-corrected chi connectivity index (χ3v) is 8.91. The SMILES string of the molecule is COc1ccc(CN(c2nccs2)S(=O)(=O)c2cc(Cl)c(N[C@H]3CCC[C@@H]3N)cc2F)c(OC)c1. The molecule has 0 amide bonds. The van der Waals surface area contributed by atoms with Crippen LogP contribution in [0.3, 0.4) is 0 Å². The van der Waals surface area contributed by atoms with E-state index in [-0.39, 0.29) is 28.8 Å². The highest BCUT2D eigenvalue weighted by atomic mass is 35.5. The molecule has 1 aliphatic carbocycles. The van der Waals surface area contributed by atoms with Crippen molar-refractivity contribution in [1.82, 2.24) is 4.98 Å². The predicted molar refractivity (Wildman–Crippen MR) is 136 cm³/mol. The monoisotopic (exact) mass is 540 g/mol. The zero-order chi connectivity index (χ0) is 25.2. The summed E-state index contributed by atoms with van der Waals surface area (Å²) in [6, 6.07) is 7.13. The van der Waals surface area contributed by atoms with Crippen LogP contribution in [0.1, 0.15) is 24.8 Å². The summed E-state index contributed by atoms with van der Waals surface area (Å²) in [6.07, 6.45) is 4.14. The van der Waals surface area contributed by atoms with Gasteiger partial charge in [0.05, 0.1) is 31.5 Å². The largest absolute Gasteiger partial charge is 0.497 e. The third-order valence-electron chi connectivity index (χ3n) is 5.94. The highest BCUT2D eigenvalue weighted by molar-refractivity contribution is 7.93. The van der Waals surface area contributed by atoms with Crippen molar-refractivity contribution in [2.75, 3.05) is 23.8 Å². The Hall–Kier alpha value is -2.60. The van der Waals surface area contributed by atoms with Gasteiger partial charge in [0.1, 0.15) is 22.2 Å². The van der Waals surface area contributed by atoms with Gasteiger partial charge in [-0.2, -0.15) is 0 Å². The van der Waals surface area contributed by atoms with Crippen LogP contribution in [-0.4, -0.2) is 39.7 Å². The van der Waals surface area contributed by atoms with Gasteiger partial charge in [0.15, 0.2) is 5.13 Å². The minimum atomic E-state index is -4.39. The van der Waals surface area contributed by atoms with E-state index in [2.05, 4.69) is 10.3 Å². The Bertz CT molecular complexity index is 1290. The molecule has 0 radical (unpaired) electrons. The van der Waals surface area contributed by atoms with Gasteiger partial charge in [-0.05, 0) is 43.5 Å². The number of hydrogen-bond acceptors (Lipinski definition) is 8. The van der Waals surface area contributed by atoms with Crippen molar-refractivity contribution < 1.29 is 22.3 Å². The van der Waals surface area contributed by atoms with Gasteiger partial charge < -0.3 is 20.5 Å². The topological polar surface area (TPSA) is 107 Å². The number of nitrogens with one attached hydrogen (secondary N) is 1. The van der Waals surface area contributed by atoms with Crippen molar-refractivity contribution >= 4 is 43.8 Å². The lowest BCUT2D eigenvalue weighted by Crippen LogP contribution is -2.35. The van der Waals surface area contributed by atoms with Crippen LogP contribution in [-0.2, 0) is 16.6 Å². The highest BCUT2D eigenvalue weighted by Gasteiger charge is 2.32. The number of nitrogens with two attached hydrogens (primary N) is 1. The minimum Gasteiger partial charge on any atom is -0.497 e. The Balaban J connectivity index is 1.71. The maximum atomic E-state index is 15.3. The first-order valence-corrected chi connectivity index (χ1v) is 13.6. The maximum absolute atomic E-state index is 15.3. The summed E-state index contributed by atoms with van der Waals surface area (Å²) in [7, 11) is -1.39. The van der Waals surface area contributed by atoms with E-state index < -0.39 is 20.7 Å². The summed E-state index contributed by atoms with van der Waals surface area (Å²) in [5.41, 5.74) is 6.95. The molecule has 35 heavy (non-hydrogen) atoms. The number of nitrogens with zero attached hydrogens (tertiary/aromatic N) is 2.